The second-order valence-electron chi connectivity index (χ2n) is 5.86. The monoisotopic (exact) mass is 350 g/mol. The van der Waals surface area contributed by atoms with E-state index < -0.39 is 24.1 Å². The zero-order valence-corrected chi connectivity index (χ0v) is 13.0. The average molecular weight is 350 g/mol. The summed E-state index contributed by atoms with van der Waals surface area (Å²) in [4.78, 5) is 8.02. The summed E-state index contributed by atoms with van der Waals surface area (Å²) in [7, 11) is 0. The second-order valence-corrected chi connectivity index (χ2v) is 5.86. The summed E-state index contributed by atoms with van der Waals surface area (Å²) in [5.74, 6) is -2.68. The number of fused-ring (bicyclic) bond motifs is 1. The van der Waals surface area contributed by atoms with Crippen LogP contribution in [-0.4, -0.2) is 80.3 Å². The Kier molecular flexibility index (Phi) is 4.58. The standard InChI is InChI=1S/C16H18N2O7/c19-10-2-1-9-12(13(10)21)8(5-18-9)3-4-17-7-16(24)15(23)14(22)11(20)6-25-16/h1-5,11,14-15,19-24H,6-7H2/b8-3+,17-4?/t11-,14-,15+,16-/m1/s1. The number of rotatable bonds is 3. The van der Waals surface area contributed by atoms with Gasteiger partial charge in [0.2, 0.25) is 5.79 Å². The number of hydrogen-bond acceptors (Lipinski definition) is 9. The summed E-state index contributed by atoms with van der Waals surface area (Å²) in [5.41, 5.74) is 1.36. The molecule has 25 heavy (non-hydrogen) atoms. The molecule has 1 aromatic rings. The van der Waals surface area contributed by atoms with E-state index in [-0.39, 0.29) is 24.7 Å². The van der Waals surface area contributed by atoms with Crippen molar-refractivity contribution in [1.82, 2.24) is 0 Å². The molecule has 0 spiro atoms. The van der Waals surface area contributed by atoms with Gasteiger partial charge in [-0.2, -0.15) is 0 Å². The summed E-state index contributed by atoms with van der Waals surface area (Å²) in [6.45, 7) is -0.712. The van der Waals surface area contributed by atoms with Gasteiger partial charge >= 0.3 is 0 Å². The zero-order chi connectivity index (χ0) is 18.2. The van der Waals surface area contributed by atoms with Crippen LogP contribution in [0.15, 0.2) is 28.2 Å². The topological polar surface area (TPSA) is 155 Å². The van der Waals surface area contributed by atoms with E-state index in [1.807, 2.05) is 0 Å². The summed E-state index contributed by atoms with van der Waals surface area (Å²) in [6, 6.07) is 2.89. The maximum Gasteiger partial charge on any atom is 0.215 e. The summed E-state index contributed by atoms with van der Waals surface area (Å²) < 4.78 is 4.99. The minimum atomic E-state index is -2.12. The molecule has 3 rings (SSSR count). The van der Waals surface area contributed by atoms with Gasteiger partial charge in [-0.1, -0.05) is 0 Å². The lowest BCUT2D eigenvalue weighted by Gasteiger charge is -2.40. The van der Waals surface area contributed by atoms with Crippen molar-refractivity contribution < 1.29 is 35.4 Å². The average Bonchev–Trinajstić information content (AvgIpc) is 3.01. The lowest BCUT2D eigenvalue weighted by molar-refractivity contribution is -0.315. The quantitative estimate of drug-likeness (QED) is 0.304. The number of benzene rings is 1. The van der Waals surface area contributed by atoms with Crippen molar-refractivity contribution >= 4 is 23.7 Å². The van der Waals surface area contributed by atoms with Crippen LogP contribution in [0.3, 0.4) is 0 Å². The summed E-state index contributed by atoms with van der Waals surface area (Å²) >= 11 is 0. The molecule has 0 bridgehead atoms. The third kappa shape index (κ3) is 3.15. The third-order valence-electron chi connectivity index (χ3n) is 4.13. The molecule has 6 N–H and O–H groups in total. The highest BCUT2D eigenvalue weighted by molar-refractivity contribution is 6.20. The van der Waals surface area contributed by atoms with Gasteiger partial charge < -0.3 is 35.4 Å². The van der Waals surface area contributed by atoms with Gasteiger partial charge in [-0.05, 0) is 18.2 Å². The Morgan fingerprint density at radius 3 is 2.80 bits per heavy atom. The molecule has 1 fully saturated rings. The van der Waals surface area contributed by atoms with Crippen molar-refractivity contribution in [2.45, 2.75) is 24.1 Å². The number of aliphatic hydroxyl groups is 4. The van der Waals surface area contributed by atoms with Gasteiger partial charge in [-0.3, -0.25) is 9.98 Å². The van der Waals surface area contributed by atoms with Gasteiger partial charge in [-0.15, -0.1) is 0 Å². The number of allylic oxidation sites excluding steroid dienone is 2. The fourth-order valence-corrected chi connectivity index (χ4v) is 2.64. The van der Waals surface area contributed by atoms with Gasteiger partial charge in [0.25, 0.3) is 0 Å². The Morgan fingerprint density at radius 1 is 1.28 bits per heavy atom. The van der Waals surface area contributed by atoms with E-state index in [4.69, 9.17) is 4.74 Å². The van der Waals surface area contributed by atoms with Crippen molar-refractivity contribution in [2.75, 3.05) is 13.2 Å². The molecule has 0 saturated carbocycles. The molecule has 1 aromatic carbocycles. The highest BCUT2D eigenvalue weighted by Crippen LogP contribution is 2.42. The maximum absolute atomic E-state index is 10.2. The van der Waals surface area contributed by atoms with Gasteiger partial charge in [-0.25, -0.2) is 0 Å². The first kappa shape index (κ1) is 17.5. The molecule has 0 unspecified atom stereocenters. The number of ether oxygens (including phenoxy) is 1. The number of aliphatic imine (C=N–C) groups is 2. The van der Waals surface area contributed by atoms with Crippen LogP contribution in [0.2, 0.25) is 0 Å². The van der Waals surface area contributed by atoms with E-state index in [1.54, 1.807) is 6.07 Å². The number of aromatic hydroxyl groups is 2. The normalized spacial score (nSPS) is 33.3. The van der Waals surface area contributed by atoms with E-state index in [1.165, 1.54) is 24.6 Å². The second kappa shape index (κ2) is 6.54. The molecule has 4 atom stereocenters. The number of hydrogen-bond donors (Lipinski definition) is 6. The minimum Gasteiger partial charge on any atom is -0.504 e. The molecule has 0 aromatic heterocycles. The Labute approximate surface area is 142 Å². The van der Waals surface area contributed by atoms with Crippen molar-refractivity contribution in [3.63, 3.8) is 0 Å². The van der Waals surface area contributed by atoms with Gasteiger partial charge in [0.15, 0.2) is 11.5 Å². The molecule has 1 saturated heterocycles. The van der Waals surface area contributed by atoms with Crippen molar-refractivity contribution in [1.29, 1.82) is 0 Å². The van der Waals surface area contributed by atoms with Gasteiger partial charge in [0.1, 0.15) is 18.3 Å². The van der Waals surface area contributed by atoms with Gasteiger partial charge in [0, 0.05) is 18.0 Å². The Morgan fingerprint density at radius 2 is 2.04 bits per heavy atom. The predicted molar refractivity (Wildman–Crippen MR) is 88.2 cm³/mol. The SMILES string of the molecule is Oc1ccc2c(c1O)/C(=C/C=NC[C@@]1(O)OC[C@@H](O)[C@@H](O)[C@@H]1O)C=N2. The molecule has 0 radical (unpaired) electrons. The van der Waals surface area contributed by atoms with Gasteiger partial charge in [0.05, 0.1) is 24.4 Å². The van der Waals surface area contributed by atoms with E-state index >= 15 is 0 Å². The van der Waals surface area contributed by atoms with Crippen molar-refractivity contribution in [2.24, 2.45) is 9.98 Å². The number of phenolic OH excluding ortho intramolecular Hbond substituents is 2. The first-order valence-corrected chi connectivity index (χ1v) is 7.53. The van der Waals surface area contributed by atoms with Crippen LogP contribution in [0, 0.1) is 0 Å². The lowest BCUT2D eigenvalue weighted by atomic mass is 9.97. The number of aliphatic hydroxyl groups excluding tert-OH is 3. The third-order valence-corrected chi connectivity index (χ3v) is 4.13. The van der Waals surface area contributed by atoms with E-state index in [9.17, 15) is 30.6 Å². The largest absolute Gasteiger partial charge is 0.504 e. The van der Waals surface area contributed by atoms with Crippen LogP contribution in [0.4, 0.5) is 5.69 Å². The maximum atomic E-state index is 10.2. The van der Waals surface area contributed by atoms with E-state index in [0.29, 0.717) is 16.8 Å². The molecule has 134 valence electrons. The molecule has 0 aliphatic carbocycles. The highest BCUT2D eigenvalue weighted by atomic mass is 16.6. The van der Waals surface area contributed by atoms with Crippen LogP contribution < -0.4 is 0 Å². The predicted octanol–water partition coefficient (Wildman–Crippen LogP) is -0.931. The van der Waals surface area contributed by atoms with Crippen LogP contribution in [-0.2, 0) is 4.74 Å². The highest BCUT2D eigenvalue weighted by Gasteiger charge is 2.48. The van der Waals surface area contributed by atoms with Crippen LogP contribution in [0.5, 0.6) is 11.5 Å². The summed E-state index contributed by atoms with van der Waals surface area (Å²) in [5, 5.41) is 58.5. The molecule has 9 nitrogen and oxygen atoms in total. The fraction of sp³-hybridized carbons (Fsp3) is 0.375. The molecule has 0 amide bonds. The molecule has 2 aliphatic heterocycles. The molecular weight excluding hydrogens is 332 g/mol. The van der Waals surface area contributed by atoms with Crippen LogP contribution in [0.25, 0.3) is 5.57 Å². The number of nitrogens with zero attached hydrogens (tertiary/aromatic N) is 2. The Hall–Kier alpha value is -2.30. The Balaban J connectivity index is 1.72. The van der Waals surface area contributed by atoms with Crippen LogP contribution >= 0.6 is 0 Å². The Bertz CT molecular complexity index is 761. The van der Waals surface area contributed by atoms with E-state index in [2.05, 4.69) is 9.98 Å². The molecule has 2 aliphatic rings. The van der Waals surface area contributed by atoms with Crippen LogP contribution in [0.1, 0.15) is 5.56 Å². The molecule has 2 heterocycles. The fourth-order valence-electron chi connectivity index (χ4n) is 2.64. The van der Waals surface area contributed by atoms with Crippen molar-refractivity contribution in [3.8, 4) is 11.5 Å². The zero-order valence-electron chi connectivity index (χ0n) is 13.0. The first-order chi connectivity index (χ1) is 11.8. The van der Waals surface area contributed by atoms with E-state index in [0.717, 1.165) is 0 Å². The smallest absolute Gasteiger partial charge is 0.215 e. The number of phenols is 2. The molecule has 9 heteroatoms. The minimum absolute atomic E-state index is 0.271. The lowest BCUT2D eigenvalue weighted by Crippen LogP contribution is -2.62. The first-order valence-electron chi connectivity index (χ1n) is 7.53. The molecular formula is C16H18N2O7. The summed E-state index contributed by atoms with van der Waals surface area (Å²) in [6.07, 6.45) is -0.250. The van der Waals surface area contributed by atoms with Crippen molar-refractivity contribution in [3.05, 3.63) is 23.8 Å².